The lowest BCUT2D eigenvalue weighted by molar-refractivity contribution is 0.114. The van der Waals surface area contributed by atoms with E-state index in [2.05, 4.69) is 20.9 Å². The maximum Gasteiger partial charge on any atom is 0.221 e. The Morgan fingerprint density at radius 1 is 1.80 bits per heavy atom. The number of oxazole rings is 1. The van der Waals surface area contributed by atoms with Crippen LogP contribution in [-0.4, -0.2) is 11.6 Å². The van der Waals surface area contributed by atoms with Crippen molar-refractivity contribution in [3.05, 3.63) is 16.8 Å². The summed E-state index contributed by atoms with van der Waals surface area (Å²) in [5, 5.41) is 0. The van der Waals surface area contributed by atoms with Crippen LogP contribution >= 0.6 is 15.9 Å². The van der Waals surface area contributed by atoms with E-state index < -0.39 is 0 Å². The third-order valence-electron chi connectivity index (χ3n) is 0.953. The molecule has 0 bridgehead atoms. The minimum atomic E-state index is 0.447. The molecular weight excluding hydrogens is 198 g/mol. The van der Waals surface area contributed by atoms with Gasteiger partial charge in [-0.25, -0.2) is 4.98 Å². The van der Waals surface area contributed by atoms with Gasteiger partial charge in [0.15, 0.2) is 0 Å². The SMILES string of the molecule is CCOCc1nc(Br)co1. The summed E-state index contributed by atoms with van der Waals surface area (Å²) >= 11 is 3.16. The summed E-state index contributed by atoms with van der Waals surface area (Å²) in [6, 6.07) is 0. The highest BCUT2D eigenvalue weighted by Gasteiger charge is 1.98. The highest BCUT2D eigenvalue weighted by Crippen LogP contribution is 2.08. The molecule has 1 rings (SSSR count). The van der Waals surface area contributed by atoms with Gasteiger partial charge in [-0.3, -0.25) is 0 Å². The van der Waals surface area contributed by atoms with Crippen molar-refractivity contribution in [2.75, 3.05) is 6.61 Å². The lowest BCUT2D eigenvalue weighted by atomic mass is 10.7. The minimum absolute atomic E-state index is 0.447. The van der Waals surface area contributed by atoms with Crippen molar-refractivity contribution in [1.82, 2.24) is 4.98 Å². The Morgan fingerprint density at radius 3 is 3.10 bits per heavy atom. The number of aromatic nitrogens is 1. The minimum Gasteiger partial charge on any atom is -0.445 e. The van der Waals surface area contributed by atoms with Gasteiger partial charge in [0.1, 0.15) is 17.5 Å². The molecule has 10 heavy (non-hydrogen) atoms. The Hall–Kier alpha value is -0.350. The second-order valence-electron chi connectivity index (χ2n) is 1.70. The molecule has 0 amide bonds. The number of nitrogens with zero attached hydrogens (tertiary/aromatic N) is 1. The fraction of sp³-hybridized carbons (Fsp3) is 0.500. The molecule has 0 aromatic carbocycles. The molecule has 1 aromatic rings. The number of hydrogen-bond donors (Lipinski definition) is 0. The van der Waals surface area contributed by atoms with Gasteiger partial charge in [-0.2, -0.15) is 0 Å². The van der Waals surface area contributed by atoms with Gasteiger partial charge in [-0.05, 0) is 22.9 Å². The second-order valence-corrected chi connectivity index (χ2v) is 2.51. The van der Waals surface area contributed by atoms with E-state index in [1.165, 1.54) is 6.26 Å². The quantitative estimate of drug-likeness (QED) is 0.758. The third kappa shape index (κ3) is 2.11. The summed E-state index contributed by atoms with van der Waals surface area (Å²) in [6.45, 7) is 3.06. The summed E-state index contributed by atoms with van der Waals surface area (Å²) in [5.41, 5.74) is 0. The van der Waals surface area contributed by atoms with E-state index in [9.17, 15) is 0 Å². The lowest BCUT2D eigenvalue weighted by Gasteiger charge is -1.92. The van der Waals surface area contributed by atoms with Gasteiger partial charge in [0.25, 0.3) is 0 Å². The molecule has 56 valence electrons. The summed E-state index contributed by atoms with van der Waals surface area (Å²) < 4.78 is 10.7. The summed E-state index contributed by atoms with van der Waals surface area (Å²) in [4.78, 5) is 3.97. The second kappa shape index (κ2) is 3.73. The molecule has 0 radical (unpaired) electrons. The van der Waals surface area contributed by atoms with Crippen molar-refractivity contribution >= 4 is 15.9 Å². The Labute approximate surface area is 67.5 Å². The van der Waals surface area contributed by atoms with Gasteiger partial charge in [-0.1, -0.05) is 0 Å². The molecule has 0 saturated heterocycles. The Balaban J connectivity index is 2.42. The fourth-order valence-corrected chi connectivity index (χ4v) is 0.835. The van der Waals surface area contributed by atoms with Crippen LogP contribution in [0.4, 0.5) is 0 Å². The first-order valence-electron chi connectivity index (χ1n) is 3.00. The summed E-state index contributed by atoms with van der Waals surface area (Å²) in [6.07, 6.45) is 1.54. The number of rotatable bonds is 3. The van der Waals surface area contributed by atoms with Crippen molar-refractivity contribution in [3.63, 3.8) is 0 Å². The maximum absolute atomic E-state index is 5.06. The predicted octanol–water partition coefficient (Wildman–Crippen LogP) is 1.97. The number of hydrogen-bond acceptors (Lipinski definition) is 3. The topological polar surface area (TPSA) is 35.3 Å². The fourth-order valence-electron chi connectivity index (χ4n) is 0.544. The average Bonchev–Trinajstić information content (AvgIpc) is 2.31. The maximum atomic E-state index is 5.06. The molecule has 0 fully saturated rings. The van der Waals surface area contributed by atoms with Gasteiger partial charge in [0.05, 0.1) is 0 Å². The molecule has 0 atom stereocenters. The zero-order valence-electron chi connectivity index (χ0n) is 5.63. The van der Waals surface area contributed by atoms with Crippen LogP contribution in [0.25, 0.3) is 0 Å². The van der Waals surface area contributed by atoms with Crippen molar-refractivity contribution in [2.45, 2.75) is 13.5 Å². The molecule has 3 nitrogen and oxygen atoms in total. The zero-order valence-corrected chi connectivity index (χ0v) is 7.22. The summed E-state index contributed by atoms with van der Waals surface area (Å²) in [7, 11) is 0. The van der Waals surface area contributed by atoms with E-state index in [4.69, 9.17) is 9.15 Å². The van der Waals surface area contributed by atoms with E-state index in [0.717, 1.165) is 0 Å². The Kier molecular flexibility index (Phi) is 2.89. The number of ether oxygens (including phenoxy) is 1. The molecule has 0 saturated carbocycles. The molecule has 0 aliphatic rings. The lowest BCUT2D eigenvalue weighted by Crippen LogP contribution is -1.90. The Morgan fingerprint density at radius 2 is 2.60 bits per heavy atom. The predicted molar refractivity (Wildman–Crippen MR) is 39.5 cm³/mol. The number of halogens is 1. The van der Waals surface area contributed by atoms with Crippen LogP contribution in [0.1, 0.15) is 12.8 Å². The van der Waals surface area contributed by atoms with Gasteiger partial charge in [-0.15, -0.1) is 0 Å². The molecule has 1 aromatic heterocycles. The zero-order chi connectivity index (χ0) is 7.40. The Bertz CT molecular complexity index is 199. The van der Waals surface area contributed by atoms with E-state index in [0.29, 0.717) is 23.7 Å². The van der Waals surface area contributed by atoms with Crippen LogP contribution in [0.2, 0.25) is 0 Å². The highest BCUT2D eigenvalue weighted by molar-refractivity contribution is 9.10. The molecular formula is C6H8BrNO2. The van der Waals surface area contributed by atoms with E-state index >= 15 is 0 Å². The van der Waals surface area contributed by atoms with Crippen molar-refractivity contribution in [2.24, 2.45) is 0 Å². The largest absolute Gasteiger partial charge is 0.445 e. The van der Waals surface area contributed by atoms with Crippen molar-refractivity contribution < 1.29 is 9.15 Å². The molecule has 0 spiro atoms. The van der Waals surface area contributed by atoms with Crippen LogP contribution in [0, 0.1) is 0 Å². The van der Waals surface area contributed by atoms with E-state index in [1.807, 2.05) is 6.92 Å². The normalized spacial score (nSPS) is 10.2. The molecule has 1 heterocycles. The van der Waals surface area contributed by atoms with Crippen LogP contribution in [0.15, 0.2) is 15.3 Å². The first kappa shape index (κ1) is 7.75. The van der Waals surface area contributed by atoms with Gasteiger partial charge in [0, 0.05) is 6.61 Å². The van der Waals surface area contributed by atoms with Crippen LogP contribution in [0.3, 0.4) is 0 Å². The third-order valence-corrected chi connectivity index (χ3v) is 1.32. The highest BCUT2D eigenvalue weighted by atomic mass is 79.9. The van der Waals surface area contributed by atoms with Crippen LogP contribution in [0.5, 0.6) is 0 Å². The average molecular weight is 206 g/mol. The van der Waals surface area contributed by atoms with Crippen LogP contribution in [-0.2, 0) is 11.3 Å². The molecule has 0 aliphatic carbocycles. The van der Waals surface area contributed by atoms with Crippen LogP contribution < -0.4 is 0 Å². The standard InChI is InChI=1S/C6H8BrNO2/c1-2-9-4-6-8-5(7)3-10-6/h3H,2,4H2,1H3. The molecule has 0 aliphatic heterocycles. The first-order chi connectivity index (χ1) is 4.83. The van der Waals surface area contributed by atoms with Crippen molar-refractivity contribution in [1.29, 1.82) is 0 Å². The van der Waals surface area contributed by atoms with E-state index in [1.54, 1.807) is 0 Å². The smallest absolute Gasteiger partial charge is 0.221 e. The molecule has 4 heteroatoms. The molecule has 0 N–H and O–H groups in total. The van der Waals surface area contributed by atoms with Crippen molar-refractivity contribution in [3.8, 4) is 0 Å². The summed E-state index contributed by atoms with van der Waals surface area (Å²) in [5.74, 6) is 0.605. The first-order valence-corrected chi connectivity index (χ1v) is 3.80. The monoisotopic (exact) mass is 205 g/mol. The van der Waals surface area contributed by atoms with Gasteiger partial charge >= 0.3 is 0 Å². The van der Waals surface area contributed by atoms with Gasteiger partial charge < -0.3 is 9.15 Å². The molecule has 0 unspecified atom stereocenters. The van der Waals surface area contributed by atoms with Gasteiger partial charge in [0.2, 0.25) is 5.89 Å². The van der Waals surface area contributed by atoms with E-state index in [-0.39, 0.29) is 0 Å².